The van der Waals surface area contributed by atoms with E-state index >= 15 is 0 Å². The Balaban J connectivity index is 2.77. The number of aryl methyl sites for hydroxylation is 1. The molecule has 0 fully saturated rings. The molecule has 0 bridgehead atoms. The van der Waals surface area contributed by atoms with Crippen molar-refractivity contribution in [3.8, 4) is 0 Å². The van der Waals surface area contributed by atoms with Crippen LogP contribution in [-0.4, -0.2) is 44.0 Å². The highest BCUT2D eigenvalue weighted by Crippen LogP contribution is 2.17. The maximum atomic E-state index is 12.3. The summed E-state index contributed by atoms with van der Waals surface area (Å²) in [6.45, 7) is 7.72. The fourth-order valence-corrected chi connectivity index (χ4v) is 1.78. The maximum Gasteiger partial charge on any atom is 0.253 e. The average Bonchev–Trinajstić information content (AvgIpc) is 2.42. The van der Waals surface area contributed by atoms with Crippen molar-refractivity contribution >= 4 is 11.6 Å². The molecule has 0 aliphatic rings. The third-order valence-electron chi connectivity index (χ3n) is 3.42. The predicted octanol–water partition coefficient (Wildman–Crippen LogP) is 2.50. The summed E-state index contributed by atoms with van der Waals surface area (Å²) in [5.74, 6) is -0.0130. The van der Waals surface area contributed by atoms with Crippen LogP contribution in [0.25, 0.3) is 0 Å². The lowest BCUT2D eigenvalue weighted by Gasteiger charge is -2.20. The second-order valence-electron chi connectivity index (χ2n) is 5.50. The Morgan fingerprint density at radius 1 is 1.35 bits per heavy atom. The van der Waals surface area contributed by atoms with E-state index in [1.807, 2.05) is 39.2 Å². The summed E-state index contributed by atoms with van der Waals surface area (Å²) in [6, 6.07) is 6.26. The SMILES string of the molecule is CCCNc1ccc(C)cc1C(=O)NCC(C)N(C)C. The largest absolute Gasteiger partial charge is 0.384 e. The van der Waals surface area contributed by atoms with Crippen molar-refractivity contribution in [1.82, 2.24) is 10.2 Å². The molecule has 1 unspecified atom stereocenters. The first-order chi connectivity index (χ1) is 9.45. The number of anilines is 1. The molecule has 1 aromatic carbocycles. The van der Waals surface area contributed by atoms with Crippen molar-refractivity contribution in [2.75, 3.05) is 32.5 Å². The van der Waals surface area contributed by atoms with E-state index in [4.69, 9.17) is 0 Å². The summed E-state index contributed by atoms with van der Waals surface area (Å²) in [7, 11) is 4.02. The number of likely N-dealkylation sites (N-methyl/N-ethyl adjacent to an activating group) is 1. The summed E-state index contributed by atoms with van der Waals surface area (Å²) in [5, 5.41) is 6.31. The zero-order chi connectivity index (χ0) is 15.1. The van der Waals surface area contributed by atoms with Crippen molar-refractivity contribution < 1.29 is 4.79 Å². The summed E-state index contributed by atoms with van der Waals surface area (Å²) in [5.41, 5.74) is 2.73. The normalized spacial score (nSPS) is 12.3. The molecule has 0 spiro atoms. The first-order valence-corrected chi connectivity index (χ1v) is 7.24. The number of rotatable bonds is 7. The standard InChI is InChI=1S/C16H27N3O/c1-6-9-17-15-8-7-12(2)10-14(15)16(20)18-11-13(3)19(4)5/h7-8,10,13,17H,6,9,11H2,1-5H3,(H,18,20). The van der Waals surface area contributed by atoms with Gasteiger partial charge in [-0.1, -0.05) is 18.6 Å². The number of amides is 1. The molecular formula is C16H27N3O. The van der Waals surface area contributed by atoms with Crippen molar-refractivity contribution in [2.45, 2.75) is 33.2 Å². The summed E-state index contributed by atoms with van der Waals surface area (Å²) >= 11 is 0. The van der Waals surface area contributed by atoms with E-state index in [1.165, 1.54) is 0 Å². The molecule has 4 heteroatoms. The molecule has 0 radical (unpaired) electrons. The van der Waals surface area contributed by atoms with Gasteiger partial charge in [0.15, 0.2) is 0 Å². The molecule has 1 atom stereocenters. The van der Waals surface area contributed by atoms with E-state index < -0.39 is 0 Å². The Morgan fingerprint density at radius 3 is 2.65 bits per heavy atom. The lowest BCUT2D eigenvalue weighted by molar-refractivity contribution is 0.0944. The highest BCUT2D eigenvalue weighted by Gasteiger charge is 2.13. The highest BCUT2D eigenvalue weighted by molar-refractivity contribution is 5.99. The van der Waals surface area contributed by atoms with Crippen LogP contribution in [0.2, 0.25) is 0 Å². The Kier molecular flexibility index (Phi) is 6.52. The second-order valence-corrected chi connectivity index (χ2v) is 5.50. The third kappa shape index (κ3) is 4.85. The van der Waals surface area contributed by atoms with Crippen LogP contribution in [0.15, 0.2) is 18.2 Å². The monoisotopic (exact) mass is 277 g/mol. The third-order valence-corrected chi connectivity index (χ3v) is 3.42. The molecule has 0 heterocycles. The van der Waals surface area contributed by atoms with Gasteiger partial charge in [0.2, 0.25) is 0 Å². The zero-order valence-electron chi connectivity index (χ0n) is 13.3. The number of hydrogen-bond donors (Lipinski definition) is 2. The van der Waals surface area contributed by atoms with Crippen molar-refractivity contribution in [2.24, 2.45) is 0 Å². The number of carbonyl (C=O) groups excluding carboxylic acids is 1. The smallest absolute Gasteiger partial charge is 0.253 e. The van der Waals surface area contributed by atoms with Gasteiger partial charge >= 0.3 is 0 Å². The molecule has 0 aromatic heterocycles. The van der Waals surface area contributed by atoms with Gasteiger partial charge < -0.3 is 15.5 Å². The van der Waals surface area contributed by atoms with Gasteiger partial charge in [-0.3, -0.25) is 4.79 Å². The lowest BCUT2D eigenvalue weighted by atomic mass is 10.1. The van der Waals surface area contributed by atoms with Crippen molar-refractivity contribution in [3.63, 3.8) is 0 Å². The Hall–Kier alpha value is -1.55. The molecule has 0 aliphatic heterocycles. The van der Waals surface area contributed by atoms with Gasteiger partial charge in [-0.15, -0.1) is 0 Å². The number of hydrogen-bond acceptors (Lipinski definition) is 3. The molecule has 4 nitrogen and oxygen atoms in total. The first kappa shape index (κ1) is 16.5. The van der Waals surface area contributed by atoms with Gasteiger partial charge in [0, 0.05) is 24.8 Å². The molecule has 1 aromatic rings. The molecule has 112 valence electrons. The van der Waals surface area contributed by atoms with Gasteiger partial charge in [-0.25, -0.2) is 0 Å². The molecule has 0 saturated heterocycles. The van der Waals surface area contributed by atoms with E-state index in [1.54, 1.807) is 0 Å². The summed E-state index contributed by atoms with van der Waals surface area (Å²) < 4.78 is 0. The Labute approximate surface area is 122 Å². The van der Waals surface area contributed by atoms with Gasteiger partial charge in [0.25, 0.3) is 5.91 Å². The molecule has 1 rings (SSSR count). The van der Waals surface area contributed by atoms with E-state index in [2.05, 4.69) is 29.4 Å². The number of benzene rings is 1. The Morgan fingerprint density at radius 2 is 2.05 bits per heavy atom. The van der Waals surface area contributed by atoms with Crippen LogP contribution in [0.3, 0.4) is 0 Å². The van der Waals surface area contributed by atoms with Crippen LogP contribution in [0.1, 0.15) is 36.2 Å². The zero-order valence-corrected chi connectivity index (χ0v) is 13.3. The van der Waals surface area contributed by atoms with Crippen molar-refractivity contribution in [3.05, 3.63) is 29.3 Å². The van der Waals surface area contributed by atoms with Gasteiger partial charge in [-0.05, 0) is 46.5 Å². The predicted molar refractivity (Wildman–Crippen MR) is 85.4 cm³/mol. The number of nitrogens with one attached hydrogen (secondary N) is 2. The van der Waals surface area contributed by atoms with Crippen LogP contribution in [0.4, 0.5) is 5.69 Å². The minimum absolute atomic E-state index is 0.0130. The summed E-state index contributed by atoms with van der Waals surface area (Å²) in [4.78, 5) is 14.4. The van der Waals surface area contributed by atoms with Gasteiger partial charge in [-0.2, -0.15) is 0 Å². The Bertz CT molecular complexity index is 443. The first-order valence-electron chi connectivity index (χ1n) is 7.24. The second kappa shape index (κ2) is 7.90. The van der Waals surface area contributed by atoms with Crippen LogP contribution >= 0.6 is 0 Å². The van der Waals surface area contributed by atoms with Crippen LogP contribution in [0, 0.1) is 6.92 Å². The van der Waals surface area contributed by atoms with Gasteiger partial charge in [0.1, 0.15) is 0 Å². The average molecular weight is 277 g/mol. The molecule has 0 aliphatic carbocycles. The molecular weight excluding hydrogens is 250 g/mol. The lowest BCUT2D eigenvalue weighted by Crippen LogP contribution is -2.38. The maximum absolute atomic E-state index is 12.3. The van der Waals surface area contributed by atoms with E-state index in [9.17, 15) is 4.79 Å². The summed E-state index contributed by atoms with van der Waals surface area (Å²) in [6.07, 6.45) is 1.03. The fraction of sp³-hybridized carbons (Fsp3) is 0.562. The van der Waals surface area contributed by atoms with E-state index in [0.717, 1.165) is 29.8 Å². The molecule has 0 saturated carbocycles. The molecule has 20 heavy (non-hydrogen) atoms. The van der Waals surface area contributed by atoms with Crippen molar-refractivity contribution in [1.29, 1.82) is 0 Å². The van der Waals surface area contributed by atoms with Crippen LogP contribution in [-0.2, 0) is 0 Å². The van der Waals surface area contributed by atoms with E-state index in [0.29, 0.717) is 12.6 Å². The topological polar surface area (TPSA) is 44.4 Å². The quantitative estimate of drug-likeness (QED) is 0.805. The molecule has 2 N–H and O–H groups in total. The van der Waals surface area contributed by atoms with Gasteiger partial charge in [0.05, 0.1) is 5.56 Å². The number of nitrogens with zero attached hydrogens (tertiary/aromatic N) is 1. The minimum atomic E-state index is -0.0130. The number of carbonyl (C=O) groups is 1. The highest BCUT2D eigenvalue weighted by atomic mass is 16.1. The minimum Gasteiger partial charge on any atom is -0.384 e. The molecule has 1 amide bonds. The van der Waals surface area contributed by atoms with Crippen LogP contribution < -0.4 is 10.6 Å². The fourth-order valence-electron chi connectivity index (χ4n) is 1.78. The van der Waals surface area contributed by atoms with Crippen LogP contribution in [0.5, 0.6) is 0 Å². The van der Waals surface area contributed by atoms with E-state index in [-0.39, 0.29) is 5.91 Å².